The van der Waals surface area contributed by atoms with E-state index in [-0.39, 0.29) is 11.7 Å². The molecule has 0 atom stereocenters. The van der Waals surface area contributed by atoms with Crippen molar-refractivity contribution in [3.05, 3.63) is 40.3 Å². The van der Waals surface area contributed by atoms with Crippen LogP contribution in [0.1, 0.15) is 18.4 Å². The fourth-order valence-electron chi connectivity index (χ4n) is 2.88. The Hall–Kier alpha value is -3.03. The molecule has 0 unspecified atom stereocenters. The van der Waals surface area contributed by atoms with Gasteiger partial charge in [0.15, 0.2) is 11.5 Å². The first-order valence-corrected chi connectivity index (χ1v) is 8.27. The zero-order chi connectivity index (χ0) is 17.2. The van der Waals surface area contributed by atoms with Crippen LogP contribution < -0.4 is 20.5 Å². The van der Waals surface area contributed by atoms with Crippen LogP contribution in [0.15, 0.2) is 29.1 Å². The highest BCUT2D eigenvalue weighted by Crippen LogP contribution is 2.22. The lowest BCUT2D eigenvalue weighted by Gasteiger charge is -2.11. The fraction of sp³-hybridized carbons (Fsp3) is 0.353. The van der Waals surface area contributed by atoms with Gasteiger partial charge < -0.3 is 19.8 Å². The number of aromatic nitrogens is 4. The number of rotatable bonds is 1. The molecule has 1 aliphatic heterocycles. The van der Waals surface area contributed by atoms with E-state index in [1.807, 2.05) is 24.3 Å². The molecule has 8 nitrogen and oxygen atoms in total. The third-order valence-electron chi connectivity index (χ3n) is 4.12. The standard InChI is InChI=1S/C17H19N5O3/c1-18-14-13-15-21-16(20-14)25-8-3-2-7-24-12-6-4-5-11(9-12)10-22(15)17(23)19-13/h4-6,9H,2-3,7-8,10H2,1H3,(H,19,23)(H,18,20,21). The van der Waals surface area contributed by atoms with Crippen molar-refractivity contribution >= 4 is 17.0 Å². The Morgan fingerprint density at radius 2 is 2.04 bits per heavy atom. The third-order valence-corrected chi connectivity index (χ3v) is 4.12. The third kappa shape index (κ3) is 3.02. The molecule has 0 saturated carbocycles. The number of benzene rings is 1. The first-order chi connectivity index (χ1) is 12.2. The lowest BCUT2D eigenvalue weighted by atomic mass is 10.2. The highest BCUT2D eigenvalue weighted by molar-refractivity contribution is 5.83. The molecule has 4 rings (SSSR count). The van der Waals surface area contributed by atoms with Crippen LogP contribution in [0, 0.1) is 0 Å². The molecule has 0 fully saturated rings. The van der Waals surface area contributed by atoms with Crippen LogP contribution in [0.3, 0.4) is 0 Å². The quantitative estimate of drug-likeness (QED) is 0.700. The van der Waals surface area contributed by atoms with Crippen LogP contribution in [-0.2, 0) is 6.54 Å². The minimum atomic E-state index is -0.239. The lowest BCUT2D eigenvalue weighted by molar-refractivity contribution is 0.255. The first-order valence-electron chi connectivity index (χ1n) is 8.27. The minimum Gasteiger partial charge on any atom is -0.494 e. The van der Waals surface area contributed by atoms with Crippen LogP contribution in [0.2, 0.25) is 0 Å². The van der Waals surface area contributed by atoms with Crippen molar-refractivity contribution in [2.24, 2.45) is 0 Å². The van der Waals surface area contributed by atoms with Crippen molar-refractivity contribution in [3.8, 4) is 11.8 Å². The summed E-state index contributed by atoms with van der Waals surface area (Å²) >= 11 is 0. The van der Waals surface area contributed by atoms with Gasteiger partial charge in [-0.15, -0.1) is 0 Å². The van der Waals surface area contributed by atoms with Crippen molar-refractivity contribution in [1.82, 2.24) is 19.5 Å². The Balaban J connectivity index is 1.87. The van der Waals surface area contributed by atoms with Crippen LogP contribution in [0.4, 0.5) is 5.82 Å². The van der Waals surface area contributed by atoms with Gasteiger partial charge in [0.2, 0.25) is 0 Å². The highest BCUT2D eigenvalue weighted by atomic mass is 16.5. The van der Waals surface area contributed by atoms with Crippen LogP contribution >= 0.6 is 0 Å². The van der Waals surface area contributed by atoms with Crippen molar-refractivity contribution < 1.29 is 9.47 Å². The number of hydrogen-bond acceptors (Lipinski definition) is 6. The second-order valence-corrected chi connectivity index (χ2v) is 5.87. The molecule has 0 saturated heterocycles. The van der Waals surface area contributed by atoms with E-state index < -0.39 is 0 Å². The molecule has 1 aliphatic rings. The number of imidazole rings is 1. The maximum absolute atomic E-state index is 12.4. The summed E-state index contributed by atoms with van der Waals surface area (Å²) in [4.78, 5) is 24.0. The SMILES string of the molecule is CNc1nc2nc3c1[nH]c(=O)n3Cc1cccc(c1)OCCCCO2. The van der Waals surface area contributed by atoms with Crippen molar-refractivity contribution in [2.75, 3.05) is 25.6 Å². The molecule has 0 aliphatic carbocycles. The van der Waals surface area contributed by atoms with E-state index in [2.05, 4.69) is 20.3 Å². The van der Waals surface area contributed by atoms with Gasteiger partial charge >= 0.3 is 11.7 Å². The van der Waals surface area contributed by atoms with Crippen molar-refractivity contribution in [1.29, 1.82) is 0 Å². The summed E-state index contributed by atoms with van der Waals surface area (Å²) in [5.41, 5.74) is 1.81. The Bertz CT molecular complexity index is 963. The molecule has 4 bridgehead atoms. The summed E-state index contributed by atoms with van der Waals surface area (Å²) in [7, 11) is 1.75. The van der Waals surface area contributed by atoms with Gasteiger partial charge in [0.25, 0.3) is 0 Å². The van der Waals surface area contributed by atoms with E-state index in [0.29, 0.717) is 36.7 Å². The van der Waals surface area contributed by atoms with Gasteiger partial charge in [-0.25, -0.2) is 4.79 Å². The van der Waals surface area contributed by atoms with Gasteiger partial charge in [0, 0.05) is 7.05 Å². The van der Waals surface area contributed by atoms with Gasteiger partial charge in [-0.1, -0.05) is 12.1 Å². The number of H-pyrrole nitrogens is 1. The average Bonchev–Trinajstić information content (AvgIpc) is 2.93. The molecule has 0 spiro atoms. The predicted molar refractivity (Wildman–Crippen MR) is 93.5 cm³/mol. The topological polar surface area (TPSA) is 94.1 Å². The lowest BCUT2D eigenvalue weighted by Crippen LogP contribution is -2.18. The summed E-state index contributed by atoms with van der Waals surface area (Å²) in [6.07, 6.45) is 1.70. The Morgan fingerprint density at radius 3 is 2.88 bits per heavy atom. The van der Waals surface area contributed by atoms with E-state index in [4.69, 9.17) is 9.47 Å². The highest BCUT2D eigenvalue weighted by Gasteiger charge is 2.16. The van der Waals surface area contributed by atoms with Crippen molar-refractivity contribution in [2.45, 2.75) is 19.4 Å². The number of nitrogens with one attached hydrogen (secondary N) is 2. The molecule has 0 amide bonds. The van der Waals surface area contributed by atoms with Gasteiger partial charge in [0.1, 0.15) is 11.3 Å². The molecule has 2 N–H and O–H groups in total. The monoisotopic (exact) mass is 341 g/mol. The van der Waals surface area contributed by atoms with E-state index in [1.54, 1.807) is 11.6 Å². The van der Waals surface area contributed by atoms with E-state index in [9.17, 15) is 4.79 Å². The summed E-state index contributed by atoms with van der Waals surface area (Å²) in [5, 5.41) is 2.99. The van der Waals surface area contributed by atoms with E-state index in [0.717, 1.165) is 24.2 Å². The number of aromatic amines is 1. The molecule has 3 aromatic rings. The number of ether oxygens (including phenoxy) is 2. The summed E-state index contributed by atoms with van der Waals surface area (Å²) < 4.78 is 13.0. The molecule has 25 heavy (non-hydrogen) atoms. The van der Waals surface area contributed by atoms with Gasteiger partial charge in [0.05, 0.1) is 19.8 Å². The molecule has 0 radical (unpaired) electrons. The normalized spacial score (nSPS) is 14.6. The maximum atomic E-state index is 12.4. The van der Waals surface area contributed by atoms with Crippen molar-refractivity contribution in [3.63, 3.8) is 0 Å². The Labute approximate surface area is 143 Å². The Morgan fingerprint density at radius 1 is 1.20 bits per heavy atom. The molecule has 3 heterocycles. The summed E-state index contributed by atoms with van der Waals surface area (Å²) in [6, 6.07) is 8.02. The zero-order valence-electron chi connectivity index (χ0n) is 13.9. The molecular weight excluding hydrogens is 322 g/mol. The van der Waals surface area contributed by atoms with Gasteiger partial charge in [-0.2, -0.15) is 9.97 Å². The fourth-order valence-corrected chi connectivity index (χ4v) is 2.88. The van der Waals surface area contributed by atoms with Gasteiger partial charge in [-0.05, 0) is 30.5 Å². The Kier molecular flexibility index (Phi) is 4.01. The first kappa shape index (κ1) is 15.5. The van der Waals surface area contributed by atoms with Gasteiger partial charge in [-0.3, -0.25) is 4.57 Å². The van der Waals surface area contributed by atoms with E-state index >= 15 is 0 Å². The smallest absolute Gasteiger partial charge is 0.328 e. The second-order valence-electron chi connectivity index (χ2n) is 5.87. The molecule has 8 heteroatoms. The average molecular weight is 341 g/mol. The summed E-state index contributed by atoms with van der Waals surface area (Å²) in [6.45, 7) is 1.49. The second kappa shape index (κ2) is 6.46. The number of fused-ring (bicyclic) bond motifs is 3. The zero-order valence-corrected chi connectivity index (χ0v) is 13.9. The molecular formula is C17H19N5O3. The number of hydrogen-bond donors (Lipinski definition) is 2. The molecule has 1 aromatic carbocycles. The molecule has 130 valence electrons. The molecule has 2 aromatic heterocycles. The number of anilines is 1. The largest absolute Gasteiger partial charge is 0.494 e. The minimum absolute atomic E-state index is 0.239. The van der Waals surface area contributed by atoms with E-state index in [1.165, 1.54) is 0 Å². The number of nitrogens with zero attached hydrogens (tertiary/aromatic N) is 3. The summed E-state index contributed by atoms with van der Waals surface area (Å²) in [5.74, 6) is 1.34. The van der Waals surface area contributed by atoms with Crippen LogP contribution in [0.25, 0.3) is 11.2 Å². The van der Waals surface area contributed by atoms with Crippen LogP contribution in [-0.4, -0.2) is 39.8 Å². The maximum Gasteiger partial charge on any atom is 0.328 e. The van der Waals surface area contributed by atoms with Crippen LogP contribution in [0.5, 0.6) is 11.8 Å². The predicted octanol–water partition coefficient (Wildman–Crippen LogP) is 1.76.